The third-order valence-corrected chi connectivity index (χ3v) is 5.12. The van der Waals surface area contributed by atoms with Gasteiger partial charge in [0, 0.05) is 19.1 Å². The van der Waals surface area contributed by atoms with Gasteiger partial charge < -0.3 is 10.2 Å². The molecule has 0 radical (unpaired) electrons. The van der Waals surface area contributed by atoms with Crippen LogP contribution in [-0.2, 0) is 0 Å². The molecule has 1 heterocycles. The standard InChI is InChI=1S/C16H32N2/c1-5-17-15-8-6-7-13(15)11-18-10-9-14(12-18)16(2,3)4/h13-15,17H,5-12H2,1-4H3. The van der Waals surface area contributed by atoms with E-state index in [1.165, 1.54) is 45.3 Å². The molecule has 1 saturated carbocycles. The number of hydrogen-bond acceptors (Lipinski definition) is 2. The van der Waals surface area contributed by atoms with Crippen molar-refractivity contribution in [1.29, 1.82) is 0 Å². The van der Waals surface area contributed by atoms with Gasteiger partial charge in [-0.2, -0.15) is 0 Å². The summed E-state index contributed by atoms with van der Waals surface area (Å²) in [4.78, 5) is 2.73. The Morgan fingerprint density at radius 3 is 2.56 bits per heavy atom. The van der Waals surface area contributed by atoms with Crippen LogP contribution in [0.1, 0.15) is 53.4 Å². The second-order valence-corrected chi connectivity index (χ2v) is 7.47. The van der Waals surface area contributed by atoms with Gasteiger partial charge in [0.05, 0.1) is 0 Å². The maximum Gasteiger partial charge on any atom is 0.0107 e. The Morgan fingerprint density at radius 2 is 1.94 bits per heavy atom. The van der Waals surface area contributed by atoms with E-state index in [0.29, 0.717) is 5.41 Å². The molecule has 0 spiro atoms. The van der Waals surface area contributed by atoms with Crippen molar-refractivity contribution in [3.63, 3.8) is 0 Å². The predicted octanol–water partition coefficient (Wildman–Crippen LogP) is 3.13. The van der Waals surface area contributed by atoms with Gasteiger partial charge in [0.25, 0.3) is 0 Å². The SMILES string of the molecule is CCNC1CCCC1CN1CCC(C(C)(C)C)C1. The maximum absolute atomic E-state index is 3.68. The van der Waals surface area contributed by atoms with Crippen molar-refractivity contribution in [2.24, 2.45) is 17.3 Å². The van der Waals surface area contributed by atoms with Crippen LogP contribution >= 0.6 is 0 Å². The van der Waals surface area contributed by atoms with Gasteiger partial charge in [-0.15, -0.1) is 0 Å². The molecule has 2 aliphatic rings. The molecule has 0 bridgehead atoms. The molecule has 1 aliphatic carbocycles. The lowest BCUT2D eigenvalue weighted by Gasteiger charge is -2.29. The zero-order valence-electron chi connectivity index (χ0n) is 12.8. The quantitative estimate of drug-likeness (QED) is 0.827. The highest BCUT2D eigenvalue weighted by Crippen LogP contribution is 2.35. The Bertz CT molecular complexity index is 256. The lowest BCUT2D eigenvalue weighted by molar-refractivity contribution is 0.206. The molecule has 2 heteroatoms. The van der Waals surface area contributed by atoms with Crippen molar-refractivity contribution in [1.82, 2.24) is 10.2 Å². The normalized spacial score (nSPS) is 34.3. The fraction of sp³-hybridized carbons (Fsp3) is 1.00. The van der Waals surface area contributed by atoms with Crippen LogP contribution in [0.25, 0.3) is 0 Å². The third-order valence-electron chi connectivity index (χ3n) is 5.12. The highest BCUT2D eigenvalue weighted by Gasteiger charge is 2.34. The zero-order chi connectivity index (χ0) is 13.2. The molecule has 106 valence electrons. The minimum atomic E-state index is 0.492. The number of rotatable bonds is 4. The van der Waals surface area contributed by atoms with Crippen LogP contribution in [-0.4, -0.2) is 37.1 Å². The van der Waals surface area contributed by atoms with E-state index in [2.05, 4.69) is 37.9 Å². The van der Waals surface area contributed by atoms with E-state index in [1.807, 2.05) is 0 Å². The summed E-state index contributed by atoms with van der Waals surface area (Å²) in [7, 11) is 0. The summed E-state index contributed by atoms with van der Waals surface area (Å²) in [5.41, 5.74) is 0.492. The van der Waals surface area contributed by atoms with Gasteiger partial charge in [0.15, 0.2) is 0 Å². The number of nitrogens with zero attached hydrogens (tertiary/aromatic N) is 1. The van der Waals surface area contributed by atoms with Crippen LogP contribution < -0.4 is 5.32 Å². The summed E-state index contributed by atoms with van der Waals surface area (Å²) in [6.07, 6.45) is 5.67. The minimum Gasteiger partial charge on any atom is -0.314 e. The molecule has 0 aromatic rings. The molecule has 0 aromatic heterocycles. The van der Waals surface area contributed by atoms with Crippen LogP contribution in [0.5, 0.6) is 0 Å². The maximum atomic E-state index is 3.68. The molecule has 18 heavy (non-hydrogen) atoms. The highest BCUT2D eigenvalue weighted by molar-refractivity contribution is 4.89. The fourth-order valence-corrected chi connectivity index (χ4v) is 3.82. The summed E-state index contributed by atoms with van der Waals surface area (Å²) in [5.74, 6) is 1.81. The van der Waals surface area contributed by atoms with Crippen LogP contribution in [0.2, 0.25) is 0 Å². The molecule has 0 aromatic carbocycles. The lowest BCUT2D eigenvalue weighted by atomic mass is 9.80. The molecular weight excluding hydrogens is 220 g/mol. The molecule has 1 saturated heterocycles. The largest absolute Gasteiger partial charge is 0.314 e. The smallest absolute Gasteiger partial charge is 0.0107 e. The Kier molecular flexibility index (Phi) is 4.71. The molecule has 1 aliphatic heterocycles. The lowest BCUT2D eigenvalue weighted by Crippen LogP contribution is -2.39. The monoisotopic (exact) mass is 252 g/mol. The van der Waals surface area contributed by atoms with Crippen LogP contribution in [0.15, 0.2) is 0 Å². The molecule has 2 nitrogen and oxygen atoms in total. The van der Waals surface area contributed by atoms with Gasteiger partial charge >= 0.3 is 0 Å². The average molecular weight is 252 g/mol. The van der Waals surface area contributed by atoms with E-state index in [1.54, 1.807) is 0 Å². The molecular formula is C16H32N2. The van der Waals surface area contributed by atoms with Crippen molar-refractivity contribution < 1.29 is 0 Å². The number of likely N-dealkylation sites (tertiary alicyclic amines) is 1. The van der Waals surface area contributed by atoms with Gasteiger partial charge in [-0.05, 0) is 49.6 Å². The Balaban J connectivity index is 1.80. The van der Waals surface area contributed by atoms with E-state index in [4.69, 9.17) is 0 Å². The zero-order valence-corrected chi connectivity index (χ0v) is 12.8. The van der Waals surface area contributed by atoms with Gasteiger partial charge in [0.1, 0.15) is 0 Å². The molecule has 3 unspecified atom stereocenters. The second kappa shape index (κ2) is 5.92. The molecule has 0 amide bonds. The van der Waals surface area contributed by atoms with Gasteiger partial charge in [0.2, 0.25) is 0 Å². The summed E-state index contributed by atoms with van der Waals surface area (Å²) < 4.78 is 0. The summed E-state index contributed by atoms with van der Waals surface area (Å²) >= 11 is 0. The first-order chi connectivity index (χ1) is 8.50. The Hall–Kier alpha value is -0.0800. The first kappa shape index (κ1) is 14.3. The minimum absolute atomic E-state index is 0.492. The summed E-state index contributed by atoms with van der Waals surface area (Å²) in [6.45, 7) is 14.6. The Labute approximate surface area is 114 Å². The van der Waals surface area contributed by atoms with Crippen molar-refractivity contribution in [3.8, 4) is 0 Å². The van der Waals surface area contributed by atoms with E-state index in [-0.39, 0.29) is 0 Å². The van der Waals surface area contributed by atoms with Crippen molar-refractivity contribution in [3.05, 3.63) is 0 Å². The second-order valence-electron chi connectivity index (χ2n) is 7.47. The highest BCUT2D eigenvalue weighted by atomic mass is 15.2. The number of hydrogen-bond donors (Lipinski definition) is 1. The van der Waals surface area contributed by atoms with Crippen molar-refractivity contribution in [2.45, 2.75) is 59.4 Å². The third kappa shape index (κ3) is 3.48. The van der Waals surface area contributed by atoms with Gasteiger partial charge in [-0.1, -0.05) is 34.1 Å². The topological polar surface area (TPSA) is 15.3 Å². The van der Waals surface area contributed by atoms with E-state index < -0.39 is 0 Å². The summed E-state index contributed by atoms with van der Waals surface area (Å²) in [6, 6.07) is 0.795. The number of nitrogens with one attached hydrogen (secondary N) is 1. The van der Waals surface area contributed by atoms with Crippen molar-refractivity contribution in [2.75, 3.05) is 26.2 Å². The molecule has 2 rings (SSSR count). The van der Waals surface area contributed by atoms with E-state index in [9.17, 15) is 0 Å². The molecule has 3 atom stereocenters. The first-order valence-electron chi connectivity index (χ1n) is 7.96. The van der Waals surface area contributed by atoms with Gasteiger partial charge in [-0.3, -0.25) is 0 Å². The van der Waals surface area contributed by atoms with Crippen LogP contribution in [0.3, 0.4) is 0 Å². The fourth-order valence-electron chi connectivity index (χ4n) is 3.82. The van der Waals surface area contributed by atoms with Crippen LogP contribution in [0.4, 0.5) is 0 Å². The van der Waals surface area contributed by atoms with Crippen LogP contribution in [0, 0.1) is 17.3 Å². The predicted molar refractivity (Wildman–Crippen MR) is 78.8 cm³/mol. The summed E-state index contributed by atoms with van der Waals surface area (Å²) in [5, 5.41) is 3.68. The van der Waals surface area contributed by atoms with Gasteiger partial charge in [-0.25, -0.2) is 0 Å². The van der Waals surface area contributed by atoms with E-state index in [0.717, 1.165) is 24.4 Å². The average Bonchev–Trinajstić information content (AvgIpc) is 2.89. The molecule has 1 N–H and O–H groups in total. The Morgan fingerprint density at radius 1 is 1.17 bits per heavy atom. The van der Waals surface area contributed by atoms with Crippen molar-refractivity contribution >= 4 is 0 Å². The first-order valence-corrected chi connectivity index (χ1v) is 7.96. The van der Waals surface area contributed by atoms with E-state index >= 15 is 0 Å². The molecule has 2 fully saturated rings.